The van der Waals surface area contributed by atoms with Gasteiger partial charge in [0, 0.05) is 28.9 Å². The van der Waals surface area contributed by atoms with E-state index in [0.29, 0.717) is 28.5 Å². The van der Waals surface area contributed by atoms with Crippen molar-refractivity contribution >= 4 is 40.2 Å². The molecule has 1 aromatic carbocycles. The lowest BCUT2D eigenvalue weighted by Crippen LogP contribution is -2.65. The average Bonchev–Trinajstić information content (AvgIpc) is 3.35. The molecule has 6 nitrogen and oxygen atoms in total. The second kappa shape index (κ2) is 8.56. The van der Waals surface area contributed by atoms with E-state index in [1.54, 1.807) is 29.4 Å². The molecule has 0 radical (unpaired) electrons. The molecule has 174 valence electrons. The molecule has 7 heteroatoms. The molecule has 33 heavy (non-hydrogen) atoms. The van der Waals surface area contributed by atoms with E-state index >= 15 is 0 Å². The Hall–Kier alpha value is -2.73. The molecule has 0 spiro atoms. The van der Waals surface area contributed by atoms with Crippen LogP contribution in [0, 0.1) is 6.92 Å². The number of anilines is 1. The largest absolute Gasteiger partial charge is 0.463 e. The van der Waals surface area contributed by atoms with E-state index in [2.05, 4.69) is 5.32 Å². The molecule has 0 bridgehead atoms. The lowest BCUT2D eigenvalue weighted by Gasteiger charge is -2.45. The maximum atomic E-state index is 13.9. The minimum absolute atomic E-state index is 0.128. The molecule has 1 fully saturated rings. The predicted molar refractivity (Wildman–Crippen MR) is 130 cm³/mol. The first-order chi connectivity index (χ1) is 15.9. The molecule has 0 saturated heterocycles. The lowest BCUT2D eigenvalue weighted by molar-refractivity contribution is -0.127. The lowest BCUT2D eigenvalue weighted by atomic mass is 9.91. The summed E-state index contributed by atoms with van der Waals surface area (Å²) in [6.07, 6.45) is 9.50. The van der Waals surface area contributed by atoms with Crippen LogP contribution in [0.3, 0.4) is 0 Å². The van der Waals surface area contributed by atoms with E-state index in [1.807, 2.05) is 30.5 Å². The van der Waals surface area contributed by atoms with Gasteiger partial charge in [0.15, 0.2) is 5.58 Å². The molecule has 1 saturated carbocycles. The minimum atomic E-state index is -1.12. The second-order valence-corrected chi connectivity index (χ2v) is 10.1. The summed E-state index contributed by atoms with van der Waals surface area (Å²) in [5, 5.41) is 3.84. The monoisotopic (exact) mass is 467 g/mol. The van der Waals surface area contributed by atoms with Gasteiger partial charge in [-0.3, -0.25) is 14.5 Å². The summed E-state index contributed by atoms with van der Waals surface area (Å²) in [4.78, 5) is 29.5. The standard InChI is InChI=1S/C26H30ClN3O3/c1-17-10-11-18(27)14-21(17)30-24(31)22-15-23-20(12-13-33-23)29(22)16-26(30,2)25(32)28-19-8-6-4-3-5-7-9-19/h10-15,19H,3-9,16H2,1-2H3,(H,28,32). The van der Waals surface area contributed by atoms with Gasteiger partial charge < -0.3 is 14.3 Å². The molecule has 3 aromatic rings. The zero-order valence-corrected chi connectivity index (χ0v) is 20.0. The van der Waals surface area contributed by atoms with E-state index < -0.39 is 5.54 Å². The molecule has 1 atom stereocenters. The summed E-state index contributed by atoms with van der Waals surface area (Å²) in [5.74, 6) is -0.356. The molecular formula is C26H30ClN3O3. The third kappa shape index (κ3) is 3.84. The zero-order chi connectivity index (χ0) is 23.2. The Morgan fingerprint density at radius 2 is 1.85 bits per heavy atom. The number of nitrogens with one attached hydrogen (secondary N) is 1. The first-order valence-electron chi connectivity index (χ1n) is 11.9. The van der Waals surface area contributed by atoms with E-state index in [9.17, 15) is 9.59 Å². The summed E-state index contributed by atoms with van der Waals surface area (Å²) in [7, 11) is 0. The number of halogens is 1. The van der Waals surface area contributed by atoms with Crippen molar-refractivity contribution in [3.8, 4) is 0 Å². The number of aromatic nitrogens is 1. The van der Waals surface area contributed by atoms with Crippen LogP contribution in [0.4, 0.5) is 5.69 Å². The van der Waals surface area contributed by atoms with Crippen molar-refractivity contribution < 1.29 is 14.0 Å². The quantitative estimate of drug-likeness (QED) is 0.525. The number of hydrogen-bond acceptors (Lipinski definition) is 3. The molecule has 1 aliphatic carbocycles. The second-order valence-electron chi connectivity index (χ2n) is 9.65. The van der Waals surface area contributed by atoms with E-state index in [-0.39, 0.29) is 17.9 Å². The first-order valence-corrected chi connectivity index (χ1v) is 12.2. The number of hydrogen-bond donors (Lipinski definition) is 1. The van der Waals surface area contributed by atoms with Gasteiger partial charge in [-0.2, -0.15) is 0 Å². The fourth-order valence-corrected chi connectivity index (χ4v) is 5.52. The molecule has 2 aliphatic rings. The number of rotatable bonds is 3. The number of fused-ring (bicyclic) bond motifs is 3. The summed E-state index contributed by atoms with van der Waals surface area (Å²) in [6, 6.07) is 9.20. The van der Waals surface area contributed by atoms with Gasteiger partial charge in [-0.05, 0) is 44.4 Å². The molecule has 3 heterocycles. The molecule has 2 amide bonds. The number of aryl methyl sites for hydroxylation is 1. The Balaban J connectivity index is 1.58. The summed E-state index contributed by atoms with van der Waals surface area (Å²) in [6.45, 7) is 4.13. The summed E-state index contributed by atoms with van der Waals surface area (Å²) >= 11 is 6.33. The van der Waals surface area contributed by atoms with Crippen molar-refractivity contribution in [2.24, 2.45) is 0 Å². The Bertz CT molecular complexity index is 1200. The predicted octanol–water partition coefficient (Wildman–Crippen LogP) is 5.84. The van der Waals surface area contributed by atoms with Crippen LogP contribution in [0.5, 0.6) is 0 Å². The molecule has 1 unspecified atom stereocenters. The fraction of sp³-hybridized carbons (Fsp3) is 0.462. The highest BCUT2D eigenvalue weighted by atomic mass is 35.5. The van der Waals surface area contributed by atoms with Gasteiger partial charge in [0.25, 0.3) is 5.91 Å². The highest BCUT2D eigenvalue weighted by Gasteiger charge is 2.49. The van der Waals surface area contributed by atoms with Crippen LogP contribution in [-0.4, -0.2) is 28.0 Å². The van der Waals surface area contributed by atoms with Crippen molar-refractivity contribution in [2.75, 3.05) is 4.90 Å². The van der Waals surface area contributed by atoms with Crippen LogP contribution in [0.2, 0.25) is 5.02 Å². The zero-order valence-electron chi connectivity index (χ0n) is 19.2. The van der Waals surface area contributed by atoms with E-state index in [4.69, 9.17) is 16.0 Å². The number of amides is 2. The number of nitrogens with zero attached hydrogens (tertiary/aromatic N) is 2. The molecule has 5 rings (SSSR count). The molecule has 2 aromatic heterocycles. The van der Waals surface area contributed by atoms with Gasteiger partial charge in [0.05, 0.1) is 18.3 Å². The summed E-state index contributed by atoms with van der Waals surface area (Å²) in [5.41, 5.74) is 2.41. The maximum Gasteiger partial charge on any atom is 0.276 e. The van der Waals surface area contributed by atoms with E-state index in [0.717, 1.165) is 36.8 Å². The van der Waals surface area contributed by atoms with E-state index in [1.165, 1.54) is 19.3 Å². The first kappa shape index (κ1) is 22.1. The Labute approximate surface area is 198 Å². The maximum absolute atomic E-state index is 13.9. The van der Waals surface area contributed by atoms with Crippen LogP contribution in [0.15, 0.2) is 41.0 Å². The third-order valence-corrected chi connectivity index (χ3v) is 7.48. The Morgan fingerprint density at radius 3 is 2.61 bits per heavy atom. The van der Waals surface area contributed by atoms with Crippen LogP contribution in [0.1, 0.15) is 67.9 Å². The van der Waals surface area contributed by atoms with Crippen LogP contribution in [-0.2, 0) is 11.3 Å². The highest BCUT2D eigenvalue weighted by Crippen LogP contribution is 2.38. The average molecular weight is 468 g/mol. The third-order valence-electron chi connectivity index (χ3n) is 7.25. The van der Waals surface area contributed by atoms with Gasteiger partial charge in [-0.1, -0.05) is 49.8 Å². The van der Waals surface area contributed by atoms with Crippen molar-refractivity contribution in [2.45, 2.75) is 76.9 Å². The van der Waals surface area contributed by atoms with Crippen LogP contribution in [0.25, 0.3) is 11.1 Å². The number of furan rings is 1. The number of carbonyl (C=O) groups excluding carboxylic acids is 2. The van der Waals surface area contributed by atoms with Gasteiger partial charge in [0.1, 0.15) is 11.2 Å². The van der Waals surface area contributed by atoms with Gasteiger partial charge in [-0.25, -0.2) is 0 Å². The fourth-order valence-electron chi connectivity index (χ4n) is 5.36. The normalized spacial score (nSPS) is 22.2. The van der Waals surface area contributed by atoms with Gasteiger partial charge in [-0.15, -0.1) is 0 Å². The minimum Gasteiger partial charge on any atom is -0.463 e. The van der Waals surface area contributed by atoms with Crippen molar-refractivity contribution in [3.05, 3.63) is 52.9 Å². The molecule has 1 N–H and O–H groups in total. The molecule has 1 aliphatic heterocycles. The number of carbonyl (C=O) groups is 2. The van der Waals surface area contributed by atoms with Crippen LogP contribution >= 0.6 is 11.6 Å². The van der Waals surface area contributed by atoms with Crippen molar-refractivity contribution in [3.63, 3.8) is 0 Å². The van der Waals surface area contributed by atoms with Crippen LogP contribution < -0.4 is 10.2 Å². The summed E-state index contributed by atoms with van der Waals surface area (Å²) < 4.78 is 7.48. The SMILES string of the molecule is Cc1ccc(Cl)cc1N1C(=O)c2cc3occc3n2CC1(C)C(=O)NC1CCCCCCC1. The van der Waals surface area contributed by atoms with Gasteiger partial charge >= 0.3 is 0 Å². The topological polar surface area (TPSA) is 67.5 Å². The number of benzene rings is 1. The van der Waals surface area contributed by atoms with Crippen molar-refractivity contribution in [1.82, 2.24) is 9.88 Å². The van der Waals surface area contributed by atoms with Crippen molar-refractivity contribution in [1.29, 1.82) is 0 Å². The Kier molecular flexibility index (Phi) is 5.73. The highest BCUT2D eigenvalue weighted by molar-refractivity contribution is 6.31. The molecular weight excluding hydrogens is 438 g/mol. The smallest absolute Gasteiger partial charge is 0.276 e. The van der Waals surface area contributed by atoms with Gasteiger partial charge in [0.2, 0.25) is 5.91 Å². The Morgan fingerprint density at radius 1 is 1.12 bits per heavy atom.